The molecule has 0 aliphatic heterocycles. The van der Waals surface area contributed by atoms with Crippen molar-refractivity contribution in [3.8, 4) is 0 Å². The highest BCUT2D eigenvalue weighted by molar-refractivity contribution is 4.94. The Morgan fingerprint density at radius 2 is 2.00 bits per heavy atom. The van der Waals surface area contributed by atoms with E-state index in [2.05, 4.69) is 51.9 Å². The molecule has 0 heterocycles. The minimum atomic E-state index is 0.514. The van der Waals surface area contributed by atoms with Crippen LogP contribution in [0.2, 0.25) is 0 Å². The molecule has 1 aliphatic carbocycles. The van der Waals surface area contributed by atoms with E-state index in [1.165, 1.54) is 19.3 Å². The van der Waals surface area contributed by atoms with Crippen molar-refractivity contribution < 1.29 is 0 Å². The normalized spacial score (nSPS) is 30.0. The Morgan fingerprint density at radius 3 is 2.50 bits per heavy atom. The van der Waals surface area contributed by atoms with Crippen LogP contribution in [0.25, 0.3) is 0 Å². The van der Waals surface area contributed by atoms with Crippen LogP contribution in [0, 0.1) is 5.41 Å². The van der Waals surface area contributed by atoms with E-state index in [1.54, 1.807) is 0 Å². The van der Waals surface area contributed by atoms with E-state index in [0.717, 1.165) is 6.54 Å². The van der Waals surface area contributed by atoms with Crippen molar-refractivity contribution in [2.75, 3.05) is 13.6 Å². The minimum absolute atomic E-state index is 0.514. The van der Waals surface area contributed by atoms with Gasteiger partial charge in [-0.25, -0.2) is 0 Å². The number of likely N-dealkylation sites (N-methyl/N-ethyl adjacent to an activating group) is 2. The van der Waals surface area contributed by atoms with Gasteiger partial charge in [-0.05, 0) is 52.1 Å². The smallest absolute Gasteiger partial charge is 0.0254 e. The Labute approximate surface area is 102 Å². The Morgan fingerprint density at radius 1 is 1.38 bits per heavy atom. The summed E-state index contributed by atoms with van der Waals surface area (Å²) in [6.07, 6.45) is 4.00. The van der Waals surface area contributed by atoms with Crippen molar-refractivity contribution >= 4 is 0 Å². The first-order valence-electron chi connectivity index (χ1n) is 6.82. The molecule has 0 radical (unpaired) electrons. The first kappa shape index (κ1) is 14.0. The summed E-state index contributed by atoms with van der Waals surface area (Å²) in [7, 11) is 2.28. The third kappa shape index (κ3) is 3.46. The molecule has 0 aromatic carbocycles. The van der Waals surface area contributed by atoms with E-state index in [1.807, 2.05) is 0 Å². The number of nitrogens with one attached hydrogen (secondary N) is 1. The summed E-state index contributed by atoms with van der Waals surface area (Å²) >= 11 is 0. The lowest BCUT2D eigenvalue weighted by molar-refractivity contribution is 0.0645. The largest absolute Gasteiger partial charge is 0.313 e. The zero-order valence-electron chi connectivity index (χ0n) is 12.0. The van der Waals surface area contributed by atoms with Gasteiger partial charge in [0.05, 0.1) is 0 Å². The molecule has 2 unspecified atom stereocenters. The van der Waals surface area contributed by atoms with Gasteiger partial charge < -0.3 is 5.32 Å². The van der Waals surface area contributed by atoms with Gasteiger partial charge in [-0.2, -0.15) is 0 Å². The molecule has 96 valence electrons. The molecule has 16 heavy (non-hydrogen) atoms. The predicted octanol–water partition coefficient (Wildman–Crippen LogP) is 2.88. The molecule has 0 saturated heterocycles. The van der Waals surface area contributed by atoms with Crippen LogP contribution in [0.4, 0.5) is 0 Å². The lowest BCUT2D eigenvalue weighted by Gasteiger charge is -2.46. The van der Waals surface area contributed by atoms with Crippen LogP contribution in [0.15, 0.2) is 0 Å². The van der Waals surface area contributed by atoms with Crippen molar-refractivity contribution in [3.63, 3.8) is 0 Å². The second-order valence-corrected chi connectivity index (χ2v) is 6.40. The maximum absolute atomic E-state index is 3.67. The molecule has 2 heteroatoms. The summed E-state index contributed by atoms with van der Waals surface area (Å²) in [6.45, 7) is 12.7. The zero-order valence-corrected chi connectivity index (χ0v) is 12.0. The second kappa shape index (κ2) is 5.50. The third-order valence-corrected chi connectivity index (χ3v) is 4.16. The standard InChI is InChI=1S/C14H30N2/c1-7-15-12-8-9-14(4,5)10-13(12)16(6)11(2)3/h11-13,15H,7-10H2,1-6H3. The Kier molecular flexibility index (Phi) is 4.81. The maximum atomic E-state index is 3.67. The molecular weight excluding hydrogens is 196 g/mol. The molecule has 1 aliphatic rings. The SMILES string of the molecule is CCNC1CCC(C)(C)CC1N(C)C(C)C. The highest BCUT2D eigenvalue weighted by Gasteiger charge is 2.36. The van der Waals surface area contributed by atoms with Gasteiger partial charge in [-0.15, -0.1) is 0 Å². The molecule has 2 nitrogen and oxygen atoms in total. The molecule has 0 bridgehead atoms. The van der Waals surface area contributed by atoms with Gasteiger partial charge in [0.2, 0.25) is 0 Å². The zero-order chi connectivity index (χ0) is 12.3. The summed E-state index contributed by atoms with van der Waals surface area (Å²) in [5.41, 5.74) is 0.514. The molecule has 0 spiro atoms. The number of nitrogens with zero attached hydrogens (tertiary/aromatic N) is 1. The monoisotopic (exact) mass is 226 g/mol. The van der Waals surface area contributed by atoms with Crippen LogP contribution in [-0.2, 0) is 0 Å². The van der Waals surface area contributed by atoms with Gasteiger partial charge in [0.1, 0.15) is 0 Å². The Bertz CT molecular complexity index is 211. The van der Waals surface area contributed by atoms with Crippen LogP contribution in [-0.4, -0.2) is 36.6 Å². The van der Waals surface area contributed by atoms with Gasteiger partial charge in [0, 0.05) is 18.1 Å². The van der Waals surface area contributed by atoms with Crippen molar-refractivity contribution in [1.82, 2.24) is 10.2 Å². The summed E-state index contributed by atoms with van der Waals surface area (Å²) in [5, 5.41) is 3.67. The van der Waals surface area contributed by atoms with Crippen molar-refractivity contribution in [3.05, 3.63) is 0 Å². The summed E-state index contributed by atoms with van der Waals surface area (Å²) < 4.78 is 0. The summed E-state index contributed by atoms with van der Waals surface area (Å²) in [5.74, 6) is 0. The van der Waals surface area contributed by atoms with Crippen LogP contribution in [0.1, 0.15) is 53.9 Å². The van der Waals surface area contributed by atoms with Crippen molar-refractivity contribution in [2.45, 2.75) is 72.0 Å². The molecule has 1 saturated carbocycles. The highest BCUT2D eigenvalue weighted by atomic mass is 15.2. The molecule has 0 aromatic rings. The lowest BCUT2D eigenvalue weighted by atomic mass is 9.72. The highest BCUT2D eigenvalue weighted by Crippen LogP contribution is 2.37. The van der Waals surface area contributed by atoms with E-state index in [4.69, 9.17) is 0 Å². The van der Waals surface area contributed by atoms with E-state index < -0.39 is 0 Å². The van der Waals surface area contributed by atoms with Crippen LogP contribution in [0.3, 0.4) is 0 Å². The molecule has 1 rings (SSSR count). The van der Waals surface area contributed by atoms with Crippen molar-refractivity contribution in [1.29, 1.82) is 0 Å². The average molecular weight is 226 g/mol. The Hall–Kier alpha value is -0.0800. The minimum Gasteiger partial charge on any atom is -0.313 e. The van der Waals surface area contributed by atoms with Gasteiger partial charge in [-0.3, -0.25) is 4.90 Å². The van der Waals surface area contributed by atoms with Gasteiger partial charge in [0.15, 0.2) is 0 Å². The van der Waals surface area contributed by atoms with E-state index in [9.17, 15) is 0 Å². The molecular formula is C14H30N2. The van der Waals surface area contributed by atoms with Crippen LogP contribution >= 0.6 is 0 Å². The Balaban J connectivity index is 2.71. The van der Waals surface area contributed by atoms with E-state index in [-0.39, 0.29) is 0 Å². The van der Waals surface area contributed by atoms with E-state index >= 15 is 0 Å². The molecule has 1 N–H and O–H groups in total. The molecule has 1 fully saturated rings. The van der Waals surface area contributed by atoms with Gasteiger partial charge in [0.25, 0.3) is 0 Å². The van der Waals surface area contributed by atoms with Crippen molar-refractivity contribution in [2.24, 2.45) is 5.41 Å². The lowest BCUT2D eigenvalue weighted by Crippen LogP contribution is -2.55. The fourth-order valence-electron chi connectivity index (χ4n) is 2.86. The molecule has 2 atom stereocenters. The fourth-order valence-corrected chi connectivity index (χ4v) is 2.86. The average Bonchev–Trinajstić information content (AvgIpc) is 2.19. The van der Waals surface area contributed by atoms with Crippen LogP contribution < -0.4 is 5.32 Å². The van der Waals surface area contributed by atoms with E-state index in [0.29, 0.717) is 23.5 Å². The summed E-state index contributed by atoms with van der Waals surface area (Å²) in [4.78, 5) is 2.55. The van der Waals surface area contributed by atoms with Gasteiger partial charge in [-0.1, -0.05) is 20.8 Å². The topological polar surface area (TPSA) is 15.3 Å². The second-order valence-electron chi connectivity index (χ2n) is 6.40. The molecule has 0 amide bonds. The van der Waals surface area contributed by atoms with Crippen LogP contribution in [0.5, 0.6) is 0 Å². The first-order valence-corrected chi connectivity index (χ1v) is 6.82. The number of hydrogen-bond donors (Lipinski definition) is 1. The fraction of sp³-hybridized carbons (Fsp3) is 1.00. The first-order chi connectivity index (χ1) is 7.37. The summed E-state index contributed by atoms with van der Waals surface area (Å²) in [6, 6.07) is 2.02. The quantitative estimate of drug-likeness (QED) is 0.793. The number of hydrogen-bond acceptors (Lipinski definition) is 2. The predicted molar refractivity (Wildman–Crippen MR) is 71.8 cm³/mol. The third-order valence-electron chi connectivity index (χ3n) is 4.16. The maximum Gasteiger partial charge on any atom is 0.0254 e. The van der Waals surface area contributed by atoms with Gasteiger partial charge >= 0.3 is 0 Å². The number of rotatable bonds is 4. The molecule has 0 aromatic heterocycles.